The van der Waals surface area contributed by atoms with Crippen LogP contribution in [-0.2, 0) is 6.54 Å². The van der Waals surface area contributed by atoms with Crippen LogP contribution in [0, 0.1) is 11.2 Å². The van der Waals surface area contributed by atoms with Crippen molar-refractivity contribution in [2.75, 3.05) is 13.1 Å². The first-order valence-corrected chi connectivity index (χ1v) is 8.29. The molecule has 2 N–H and O–H groups in total. The van der Waals surface area contributed by atoms with Gasteiger partial charge in [0.1, 0.15) is 10.8 Å². The molecule has 2 nitrogen and oxygen atoms in total. The number of thiocarbonyl (C=S) groups is 1. The van der Waals surface area contributed by atoms with Crippen molar-refractivity contribution in [1.29, 1.82) is 0 Å². The molecule has 3 rings (SSSR count). The third-order valence-electron chi connectivity index (χ3n) is 5.31. The van der Waals surface area contributed by atoms with E-state index < -0.39 is 0 Å². The summed E-state index contributed by atoms with van der Waals surface area (Å²) in [6.45, 7) is 3.09. The van der Waals surface area contributed by atoms with Crippen LogP contribution < -0.4 is 5.73 Å². The van der Waals surface area contributed by atoms with Crippen molar-refractivity contribution >= 4 is 17.2 Å². The lowest BCUT2D eigenvalue weighted by Crippen LogP contribution is -2.38. The van der Waals surface area contributed by atoms with Gasteiger partial charge in [0.25, 0.3) is 0 Å². The lowest BCUT2D eigenvalue weighted by molar-refractivity contribution is 0.103. The van der Waals surface area contributed by atoms with Crippen molar-refractivity contribution in [3.8, 4) is 0 Å². The summed E-state index contributed by atoms with van der Waals surface area (Å²) < 4.78 is 13.4. The molecule has 0 unspecified atom stereocenters. The lowest BCUT2D eigenvalue weighted by atomic mass is 9.77. The maximum absolute atomic E-state index is 13.4. The molecule has 1 saturated carbocycles. The van der Waals surface area contributed by atoms with Gasteiger partial charge >= 0.3 is 0 Å². The van der Waals surface area contributed by atoms with Gasteiger partial charge < -0.3 is 5.73 Å². The highest BCUT2D eigenvalue weighted by atomic mass is 32.1. The van der Waals surface area contributed by atoms with Crippen molar-refractivity contribution in [1.82, 2.24) is 4.90 Å². The quantitative estimate of drug-likeness (QED) is 0.865. The molecule has 0 bridgehead atoms. The van der Waals surface area contributed by atoms with Crippen LogP contribution in [0.25, 0.3) is 0 Å². The zero-order chi connectivity index (χ0) is 14.9. The van der Waals surface area contributed by atoms with E-state index in [0.29, 0.717) is 11.0 Å². The number of rotatable bonds is 3. The summed E-state index contributed by atoms with van der Waals surface area (Å²) in [4.78, 5) is 2.74. The molecule has 0 aromatic heterocycles. The van der Waals surface area contributed by atoms with E-state index in [1.54, 1.807) is 0 Å². The Labute approximate surface area is 131 Å². The van der Waals surface area contributed by atoms with E-state index in [2.05, 4.69) is 4.90 Å². The third-order valence-corrected chi connectivity index (χ3v) is 5.53. The van der Waals surface area contributed by atoms with Crippen molar-refractivity contribution in [3.05, 3.63) is 35.1 Å². The zero-order valence-corrected chi connectivity index (χ0v) is 13.2. The maximum atomic E-state index is 13.4. The average Bonchev–Trinajstić information content (AvgIpc) is 2.92. The van der Waals surface area contributed by atoms with Gasteiger partial charge in [-0.3, -0.25) is 4.90 Å². The topological polar surface area (TPSA) is 29.3 Å². The fraction of sp³-hybridized carbons (Fsp3) is 0.588. The van der Waals surface area contributed by atoms with E-state index in [9.17, 15) is 4.39 Å². The van der Waals surface area contributed by atoms with Gasteiger partial charge in [-0.25, -0.2) is 4.39 Å². The fourth-order valence-corrected chi connectivity index (χ4v) is 4.16. The minimum Gasteiger partial charge on any atom is -0.389 e. The number of benzene rings is 1. The van der Waals surface area contributed by atoms with Gasteiger partial charge in [0.05, 0.1) is 0 Å². The smallest absolute Gasteiger partial charge is 0.123 e. The summed E-state index contributed by atoms with van der Waals surface area (Å²) in [6.07, 6.45) is 8.24. The molecule has 1 aromatic rings. The van der Waals surface area contributed by atoms with Gasteiger partial charge in [-0.15, -0.1) is 0 Å². The Morgan fingerprint density at radius 1 is 1.19 bits per heavy atom. The molecule has 0 atom stereocenters. The van der Waals surface area contributed by atoms with E-state index >= 15 is 0 Å². The summed E-state index contributed by atoms with van der Waals surface area (Å²) in [5.74, 6) is -0.273. The summed E-state index contributed by atoms with van der Waals surface area (Å²) in [5.41, 5.74) is 8.09. The van der Waals surface area contributed by atoms with E-state index in [0.717, 1.165) is 25.2 Å². The maximum Gasteiger partial charge on any atom is 0.123 e. The van der Waals surface area contributed by atoms with Crippen molar-refractivity contribution < 1.29 is 4.39 Å². The van der Waals surface area contributed by atoms with E-state index in [1.165, 1.54) is 50.7 Å². The zero-order valence-electron chi connectivity index (χ0n) is 12.4. The van der Waals surface area contributed by atoms with E-state index in [1.807, 2.05) is 6.07 Å². The van der Waals surface area contributed by atoms with Gasteiger partial charge in [0, 0.05) is 12.1 Å². The van der Waals surface area contributed by atoms with Gasteiger partial charge in [-0.2, -0.15) is 0 Å². The molecule has 1 aliphatic carbocycles. The second-order valence-electron chi connectivity index (χ2n) is 6.65. The predicted molar refractivity (Wildman–Crippen MR) is 87.7 cm³/mol. The summed E-state index contributed by atoms with van der Waals surface area (Å²) in [7, 11) is 0. The van der Waals surface area contributed by atoms with Crippen molar-refractivity contribution in [3.63, 3.8) is 0 Å². The largest absolute Gasteiger partial charge is 0.389 e. The molecule has 4 heteroatoms. The average molecular weight is 306 g/mol. The van der Waals surface area contributed by atoms with Crippen LogP contribution in [0.2, 0.25) is 0 Å². The molecule has 1 saturated heterocycles. The summed E-state index contributed by atoms with van der Waals surface area (Å²) in [6, 6.07) is 4.78. The Bertz CT molecular complexity index is 528. The Hall–Kier alpha value is -1.00. The van der Waals surface area contributed by atoms with Crippen LogP contribution in [0.5, 0.6) is 0 Å². The monoisotopic (exact) mass is 306 g/mol. The minimum atomic E-state index is -0.273. The first-order valence-electron chi connectivity index (χ1n) is 7.89. The number of hydrogen-bond donors (Lipinski definition) is 1. The summed E-state index contributed by atoms with van der Waals surface area (Å²) >= 11 is 5.05. The Morgan fingerprint density at radius 2 is 1.86 bits per heavy atom. The lowest BCUT2D eigenvalue weighted by Gasteiger charge is -2.39. The molecule has 1 heterocycles. The molecule has 2 fully saturated rings. The highest BCUT2D eigenvalue weighted by molar-refractivity contribution is 7.80. The van der Waals surface area contributed by atoms with Gasteiger partial charge in [-0.05, 0) is 61.9 Å². The van der Waals surface area contributed by atoms with Crippen LogP contribution in [0.3, 0.4) is 0 Å². The minimum absolute atomic E-state index is 0.273. The standard InChI is InChI=1S/C17H23FN2S/c18-14-4-3-13(15(11-14)16(19)21)12-20-9-7-17(8-10-20)5-1-2-6-17/h3-4,11H,1-2,5-10,12H2,(H2,19,21). The SMILES string of the molecule is NC(=S)c1cc(F)ccc1CN1CCC2(CCCC2)CC1. The second-order valence-corrected chi connectivity index (χ2v) is 7.09. The molecule has 1 spiro atoms. The molecule has 0 radical (unpaired) electrons. The molecule has 21 heavy (non-hydrogen) atoms. The van der Waals surface area contributed by atoms with Gasteiger partial charge in [0.2, 0.25) is 0 Å². The Balaban J connectivity index is 1.66. The number of nitrogens with zero attached hydrogens (tertiary/aromatic N) is 1. The van der Waals surface area contributed by atoms with Crippen LogP contribution >= 0.6 is 12.2 Å². The third kappa shape index (κ3) is 3.27. The Kier molecular flexibility index (Phi) is 4.27. The molecule has 2 aliphatic rings. The van der Waals surface area contributed by atoms with Crippen LogP contribution in [0.4, 0.5) is 4.39 Å². The number of halogens is 1. The van der Waals surface area contributed by atoms with Crippen molar-refractivity contribution in [2.45, 2.75) is 45.1 Å². The van der Waals surface area contributed by atoms with E-state index in [4.69, 9.17) is 18.0 Å². The first-order chi connectivity index (χ1) is 10.1. The van der Waals surface area contributed by atoms with E-state index in [-0.39, 0.29) is 10.8 Å². The highest BCUT2D eigenvalue weighted by Crippen LogP contribution is 2.46. The predicted octanol–water partition coefficient (Wildman–Crippen LogP) is 3.62. The molecule has 0 amide bonds. The highest BCUT2D eigenvalue weighted by Gasteiger charge is 2.36. The normalized spacial score (nSPS) is 21.8. The Morgan fingerprint density at radius 3 is 2.48 bits per heavy atom. The number of hydrogen-bond acceptors (Lipinski definition) is 2. The number of likely N-dealkylation sites (tertiary alicyclic amines) is 1. The second kappa shape index (κ2) is 6.01. The van der Waals surface area contributed by atoms with Crippen molar-refractivity contribution in [2.24, 2.45) is 11.1 Å². The fourth-order valence-electron chi connectivity index (χ4n) is 3.97. The molecule has 114 valence electrons. The van der Waals surface area contributed by atoms with Crippen LogP contribution in [0.1, 0.15) is 49.7 Å². The van der Waals surface area contributed by atoms with Crippen LogP contribution in [0.15, 0.2) is 18.2 Å². The van der Waals surface area contributed by atoms with Gasteiger partial charge in [-0.1, -0.05) is 31.1 Å². The molecule has 1 aliphatic heterocycles. The molecular weight excluding hydrogens is 283 g/mol. The number of nitrogens with two attached hydrogens (primary N) is 1. The number of piperidine rings is 1. The first kappa shape index (κ1) is 14.9. The summed E-state index contributed by atoms with van der Waals surface area (Å²) in [5, 5.41) is 0. The molecule has 1 aromatic carbocycles. The molecular formula is C17H23FN2S. The van der Waals surface area contributed by atoms with Crippen LogP contribution in [-0.4, -0.2) is 23.0 Å². The van der Waals surface area contributed by atoms with Gasteiger partial charge in [0.15, 0.2) is 0 Å².